The van der Waals surface area contributed by atoms with E-state index in [1.54, 1.807) is 0 Å². The molecule has 3 heterocycles. The molecule has 0 radical (unpaired) electrons. The number of aromatic amines is 1. The van der Waals surface area contributed by atoms with Crippen molar-refractivity contribution in [2.24, 2.45) is 4.99 Å². The number of aromatic nitrogens is 2. The van der Waals surface area contributed by atoms with Crippen molar-refractivity contribution in [1.29, 1.82) is 0 Å². The molecule has 0 aliphatic carbocycles. The van der Waals surface area contributed by atoms with E-state index in [0.717, 1.165) is 30.0 Å². The lowest BCUT2D eigenvalue weighted by Crippen LogP contribution is -2.35. The van der Waals surface area contributed by atoms with Crippen LogP contribution in [0.1, 0.15) is 56.0 Å². The van der Waals surface area contributed by atoms with Crippen LogP contribution in [0.4, 0.5) is 14.6 Å². The molecule has 1 fully saturated rings. The highest BCUT2D eigenvalue weighted by Gasteiger charge is 2.36. The molecule has 1 aromatic carbocycles. The van der Waals surface area contributed by atoms with Gasteiger partial charge in [-0.3, -0.25) is 14.6 Å². The van der Waals surface area contributed by atoms with Gasteiger partial charge in [-0.15, -0.1) is 0 Å². The van der Waals surface area contributed by atoms with Crippen LogP contribution in [0.2, 0.25) is 0 Å². The van der Waals surface area contributed by atoms with Gasteiger partial charge in [0.2, 0.25) is 0 Å². The summed E-state index contributed by atoms with van der Waals surface area (Å²) >= 11 is 1.37. The molecular weight excluding hydrogens is 372 g/mol. The van der Waals surface area contributed by atoms with Crippen LogP contribution in [0.15, 0.2) is 28.0 Å². The van der Waals surface area contributed by atoms with Crippen LogP contribution < -0.4 is 5.56 Å². The predicted octanol–water partition coefficient (Wildman–Crippen LogP) is 4.47. The molecule has 1 N–H and O–H groups in total. The van der Waals surface area contributed by atoms with Gasteiger partial charge >= 0.3 is 0 Å². The Balaban J connectivity index is 1.80. The van der Waals surface area contributed by atoms with Crippen molar-refractivity contribution in [3.8, 4) is 0 Å². The first-order valence-corrected chi connectivity index (χ1v) is 9.78. The third-order valence-electron chi connectivity index (χ3n) is 5.03. The van der Waals surface area contributed by atoms with E-state index in [1.165, 1.54) is 17.8 Å². The van der Waals surface area contributed by atoms with Crippen LogP contribution in [0.3, 0.4) is 0 Å². The van der Waals surface area contributed by atoms with Gasteiger partial charge in [-0.25, -0.2) is 13.8 Å². The Hall–Kier alpha value is -1.93. The van der Waals surface area contributed by atoms with E-state index in [9.17, 15) is 13.6 Å². The second kappa shape index (κ2) is 6.60. The molecule has 0 saturated carbocycles. The number of benzene rings is 1. The highest BCUT2D eigenvalue weighted by Crippen LogP contribution is 2.45. The lowest BCUT2D eigenvalue weighted by atomic mass is 9.94. The maximum Gasteiger partial charge on any atom is 0.271 e. The Bertz CT molecular complexity index is 980. The zero-order valence-electron chi connectivity index (χ0n) is 15.4. The Morgan fingerprint density at radius 3 is 2.81 bits per heavy atom. The van der Waals surface area contributed by atoms with Crippen LogP contribution in [-0.4, -0.2) is 27.0 Å². The van der Waals surface area contributed by atoms with Crippen molar-refractivity contribution in [2.75, 3.05) is 6.61 Å². The molecule has 5 nitrogen and oxygen atoms in total. The monoisotopic (exact) mass is 393 g/mol. The molecule has 27 heavy (non-hydrogen) atoms. The SMILES string of the molecule is CC1=Nc2c(c(=O)[nH]n2[C@H]2CCOC(C)(C)C2)[C@H](c2ccc(F)c(F)c2)S1. The minimum absolute atomic E-state index is 0.0652. The number of halogens is 2. The van der Waals surface area contributed by atoms with E-state index in [-0.39, 0.29) is 17.2 Å². The van der Waals surface area contributed by atoms with Crippen LogP contribution in [0.5, 0.6) is 0 Å². The first kappa shape index (κ1) is 18.4. The highest BCUT2D eigenvalue weighted by atomic mass is 32.2. The van der Waals surface area contributed by atoms with Gasteiger partial charge in [0.25, 0.3) is 5.56 Å². The summed E-state index contributed by atoms with van der Waals surface area (Å²) in [6, 6.07) is 3.84. The molecule has 2 aliphatic heterocycles. The number of ether oxygens (including phenoxy) is 1. The Morgan fingerprint density at radius 1 is 1.33 bits per heavy atom. The number of nitrogens with zero attached hydrogens (tertiary/aromatic N) is 2. The minimum Gasteiger partial charge on any atom is -0.375 e. The van der Waals surface area contributed by atoms with E-state index in [2.05, 4.69) is 10.1 Å². The fourth-order valence-corrected chi connectivity index (χ4v) is 4.90. The second-order valence-corrected chi connectivity index (χ2v) is 8.90. The number of hydrogen-bond acceptors (Lipinski definition) is 4. The van der Waals surface area contributed by atoms with E-state index in [4.69, 9.17) is 4.74 Å². The molecule has 4 rings (SSSR count). The number of H-pyrrole nitrogens is 1. The van der Waals surface area contributed by atoms with Gasteiger partial charge in [-0.1, -0.05) is 17.8 Å². The summed E-state index contributed by atoms with van der Waals surface area (Å²) in [5, 5.41) is 3.28. The Labute approximate surface area is 159 Å². The van der Waals surface area contributed by atoms with Gasteiger partial charge in [-0.2, -0.15) is 0 Å². The summed E-state index contributed by atoms with van der Waals surface area (Å²) in [5.41, 5.74) is 0.511. The summed E-state index contributed by atoms with van der Waals surface area (Å²) in [6.45, 7) is 6.52. The number of nitrogens with one attached hydrogen (secondary N) is 1. The van der Waals surface area contributed by atoms with E-state index < -0.39 is 16.9 Å². The van der Waals surface area contributed by atoms with Crippen molar-refractivity contribution in [3.05, 3.63) is 51.3 Å². The molecule has 8 heteroatoms. The lowest BCUT2D eigenvalue weighted by molar-refractivity contribution is -0.0705. The van der Waals surface area contributed by atoms with Crippen molar-refractivity contribution in [1.82, 2.24) is 9.78 Å². The fourth-order valence-electron chi connectivity index (χ4n) is 3.80. The lowest BCUT2D eigenvalue weighted by Gasteiger charge is -2.36. The molecule has 2 aliphatic rings. The molecule has 0 unspecified atom stereocenters. The van der Waals surface area contributed by atoms with Crippen molar-refractivity contribution in [3.63, 3.8) is 0 Å². The average Bonchev–Trinajstić information content (AvgIpc) is 2.92. The molecule has 0 spiro atoms. The minimum atomic E-state index is -0.920. The van der Waals surface area contributed by atoms with Gasteiger partial charge in [0.15, 0.2) is 17.5 Å². The van der Waals surface area contributed by atoms with Crippen molar-refractivity contribution in [2.45, 2.75) is 50.5 Å². The van der Waals surface area contributed by atoms with E-state index >= 15 is 0 Å². The maximum atomic E-state index is 13.8. The molecule has 0 bridgehead atoms. The molecule has 144 valence electrons. The van der Waals surface area contributed by atoms with E-state index in [0.29, 0.717) is 23.6 Å². The van der Waals surface area contributed by atoms with Gasteiger partial charge < -0.3 is 4.74 Å². The van der Waals surface area contributed by atoms with Crippen LogP contribution >= 0.6 is 11.8 Å². The zero-order valence-corrected chi connectivity index (χ0v) is 16.2. The predicted molar refractivity (Wildman–Crippen MR) is 102 cm³/mol. The van der Waals surface area contributed by atoms with E-state index in [1.807, 2.05) is 25.5 Å². The van der Waals surface area contributed by atoms with Gasteiger partial charge in [0, 0.05) is 6.61 Å². The summed E-state index contributed by atoms with van der Waals surface area (Å²) in [6.07, 6.45) is 1.53. The first-order valence-electron chi connectivity index (χ1n) is 8.90. The largest absolute Gasteiger partial charge is 0.375 e. The summed E-state index contributed by atoms with van der Waals surface area (Å²) in [5.74, 6) is -1.24. The molecular formula is C19H21F2N3O2S. The third kappa shape index (κ3) is 3.36. The third-order valence-corrected chi connectivity index (χ3v) is 6.21. The van der Waals surface area contributed by atoms with Gasteiger partial charge in [-0.05, 0) is 51.3 Å². The summed E-state index contributed by atoms with van der Waals surface area (Å²) < 4.78 is 34.7. The fraction of sp³-hybridized carbons (Fsp3) is 0.474. The molecule has 1 saturated heterocycles. The smallest absolute Gasteiger partial charge is 0.271 e. The maximum absolute atomic E-state index is 13.8. The normalized spacial score (nSPS) is 24.4. The molecule has 2 atom stereocenters. The first-order chi connectivity index (χ1) is 12.7. The number of aliphatic imine (C=N–C) groups is 1. The standard InChI is InChI=1S/C19H21F2N3O2S/c1-10-22-17-15(16(27-10)11-4-5-13(20)14(21)8-11)18(25)23-24(17)12-6-7-26-19(2,3)9-12/h4-5,8,12,16H,6-7,9H2,1-3H3,(H,23,25)/t12-,16-/m0/s1. The van der Waals surface area contributed by atoms with Crippen molar-refractivity contribution >= 4 is 22.6 Å². The molecule has 0 amide bonds. The second-order valence-electron chi connectivity index (χ2n) is 7.61. The van der Waals surface area contributed by atoms with Crippen molar-refractivity contribution < 1.29 is 13.5 Å². The van der Waals surface area contributed by atoms with Gasteiger partial charge in [0.05, 0.1) is 27.5 Å². The van der Waals surface area contributed by atoms with Gasteiger partial charge in [0.1, 0.15) is 0 Å². The molecule has 1 aromatic heterocycles. The summed E-state index contributed by atoms with van der Waals surface area (Å²) in [7, 11) is 0. The Morgan fingerprint density at radius 2 is 2.11 bits per heavy atom. The quantitative estimate of drug-likeness (QED) is 0.819. The van der Waals surface area contributed by atoms with Crippen LogP contribution in [0.25, 0.3) is 0 Å². The highest BCUT2D eigenvalue weighted by molar-refractivity contribution is 8.14. The van der Waals surface area contributed by atoms with Crippen LogP contribution in [-0.2, 0) is 4.74 Å². The Kier molecular flexibility index (Phi) is 4.50. The number of hydrogen-bond donors (Lipinski definition) is 1. The molecule has 2 aromatic rings. The summed E-state index contributed by atoms with van der Waals surface area (Å²) in [4.78, 5) is 17.4. The zero-order chi connectivity index (χ0) is 19.3. The average molecular weight is 393 g/mol. The van der Waals surface area contributed by atoms with Crippen LogP contribution in [0, 0.1) is 11.6 Å². The number of rotatable bonds is 2. The topological polar surface area (TPSA) is 59.4 Å². The number of fused-ring (bicyclic) bond motifs is 1. The number of thioether (sulfide) groups is 1.